The number of anilines is 1. The molecule has 0 spiro atoms. The van der Waals surface area contributed by atoms with Crippen LogP contribution in [0.3, 0.4) is 0 Å². The lowest BCUT2D eigenvalue weighted by molar-refractivity contribution is -0.111. The number of rotatable bonds is 4. The number of nitrogens with zero attached hydrogens (tertiary/aromatic N) is 3. The molecule has 0 unspecified atom stereocenters. The van der Waals surface area contributed by atoms with Crippen LogP contribution in [0.1, 0.15) is 16.8 Å². The summed E-state index contributed by atoms with van der Waals surface area (Å²) in [5.74, 6) is 0.234. The van der Waals surface area contributed by atoms with Crippen LogP contribution in [0.2, 0.25) is 0 Å². The largest absolute Gasteiger partial charge is 0.306 e. The number of carbonyl (C=O) groups is 1. The van der Waals surface area contributed by atoms with E-state index >= 15 is 0 Å². The van der Waals surface area contributed by atoms with Crippen molar-refractivity contribution in [3.8, 4) is 11.8 Å². The number of amides is 1. The van der Waals surface area contributed by atoms with Crippen molar-refractivity contribution >= 4 is 17.8 Å². The molecule has 0 aliphatic rings. The van der Waals surface area contributed by atoms with E-state index in [1.165, 1.54) is 6.08 Å². The van der Waals surface area contributed by atoms with Crippen molar-refractivity contribution in [3.63, 3.8) is 0 Å². The van der Waals surface area contributed by atoms with Crippen molar-refractivity contribution in [3.05, 3.63) is 83.6 Å². The van der Waals surface area contributed by atoms with Gasteiger partial charge in [0, 0.05) is 17.8 Å². The van der Waals surface area contributed by atoms with Crippen LogP contribution < -0.4 is 5.32 Å². The average molecular weight is 328 g/mol. The molecule has 5 nitrogen and oxygen atoms in total. The van der Waals surface area contributed by atoms with E-state index in [0.717, 1.165) is 16.9 Å². The first-order valence-electron chi connectivity index (χ1n) is 7.77. The molecule has 3 rings (SSSR count). The quantitative estimate of drug-likeness (QED) is 0.742. The summed E-state index contributed by atoms with van der Waals surface area (Å²) >= 11 is 0. The Bertz CT molecular complexity index is 948. The molecule has 0 saturated heterocycles. The first-order chi connectivity index (χ1) is 12.2. The zero-order valence-electron chi connectivity index (χ0n) is 13.7. The number of carbonyl (C=O) groups excluding carboxylic acids is 1. The van der Waals surface area contributed by atoms with Gasteiger partial charge in [-0.05, 0) is 42.8 Å². The first-order valence-corrected chi connectivity index (χ1v) is 7.77. The van der Waals surface area contributed by atoms with Gasteiger partial charge in [0.1, 0.15) is 0 Å². The van der Waals surface area contributed by atoms with E-state index in [0.29, 0.717) is 11.4 Å². The number of benzene rings is 2. The highest BCUT2D eigenvalue weighted by atomic mass is 16.1. The minimum absolute atomic E-state index is 0.242. The topological polar surface area (TPSA) is 70.7 Å². The molecule has 1 heterocycles. The van der Waals surface area contributed by atoms with Crippen LogP contribution in [0.4, 0.5) is 5.82 Å². The molecule has 0 aliphatic heterocycles. The van der Waals surface area contributed by atoms with Crippen LogP contribution in [0.5, 0.6) is 0 Å². The molecule has 0 radical (unpaired) electrons. The number of aromatic nitrogens is 2. The van der Waals surface area contributed by atoms with Crippen LogP contribution in [0, 0.1) is 18.3 Å². The summed E-state index contributed by atoms with van der Waals surface area (Å²) in [6.07, 6.45) is 3.23. The Morgan fingerprint density at radius 1 is 1.16 bits per heavy atom. The number of nitrogens with one attached hydrogen (secondary N) is 1. The maximum absolute atomic E-state index is 12.0. The summed E-state index contributed by atoms with van der Waals surface area (Å²) in [6.45, 7) is 1.90. The smallest absolute Gasteiger partial charge is 0.249 e. The van der Waals surface area contributed by atoms with Crippen molar-refractivity contribution in [2.45, 2.75) is 6.92 Å². The molecule has 0 saturated carbocycles. The maximum Gasteiger partial charge on any atom is 0.249 e. The summed E-state index contributed by atoms with van der Waals surface area (Å²) in [7, 11) is 0. The fraction of sp³-hybridized carbons (Fsp3) is 0.0500. The van der Waals surface area contributed by atoms with Gasteiger partial charge in [-0.3, -0.25) is 4.79 Å². The summed E-state index contributed by atoms with van der Waals surface area (Å²) in [6, 6.07) is 20.6. The molecule has 0 atom stereocenters. The molecule has 0 aliphatic carbocycles. The zero-order valence-corrected chi connectivity index (χ0v) is 13.7. The summed E-state index contributed by atoms with van der Waals surface area (Å²) in [5, 5.41) is 16.0. The second kappa shape index (κ2) is 7.28. The van der Waals surface area contributed by atoms with Crippen molar-refractivity contribution < 1.29 is 4.79 Å². The van der Waals surface area contributed by atoms with Crippen LogP contribution in [-0.2, 0) is 4.79 Å². The van der Waals surface area contributed by atoms with E-state index in [4.69, 9.17) is 5.26 Å². The molecule has 0 bridgehead atoms. The van der Waals surface area contributed by atoms with Gasteiger partial charge in [0.2, 0.25) is 5.91 Å². The van der Waals surface area contributed by atoms with Crippen molar-refractivity contribution in [1.29, 1.82) is 5.26 Å². The SMILES string of the molecule is Cc1cc(NC(=O)/C=C/c2ccccc2)nn1-c1ccc(C#N)cc1. The highest BCUT2D eigenvalue weighted by Gasteiger charge is 2.08. The lowest BCUT2D eigenvalue weighted by Gasteiger charge is -2.03. The van der Waals surface area contributed by atoms with Crippen LogP contribution in [-0.4, -0.2) is 15.7 Å². The lowest BCUT2D eigenvalue weighted by Crippen LogP contribution is -2.08. The normalized spacial score (nSPS) is 10.6. The summed E-state index contributed by atoms with van der Waals surface area (Å²) < 4.78 is 1.72. The first kappa shape index (κ1) is 16.2. The molecular weight excluding hydrogens is 312 g/mol. The van der Waals surface area contributed by atoms with E-state index in [2.05, 4.69) is 16.5 Å². The van der Waals surface area contributed by atoms with Gasteiger partial charge in [-0.2, -0.15) is 5.26 Å². The van der Waals surface area contributed by atoms with Crippen LogP contribution in [0.25, 0.3) is 11.8 Å². The molecule has 122 valence electrons. The monoisotopic (exact) mass is 328 g/mol. The fourth-order valence-corrected chi connectivity index (χ4v) is 2.38. The molecule has 3 aromatic rings. The van der Waals surface area contributed by atoms with Crippen LogP contribution >= 0.6 is 0 Å². The molecule has 1 amide bonds. The summed E-state index contributed by atoms with van der Waals surface area (Å²) in [5.41, 5.74) is 3.26. The third-order valence-electron chi connectivity index (χ3n) is 3.61. The number of aryl methyl sites for hydroxylation is 1. The van der Waals surface area contributed by atoms with E-state index in [-0.39, 0.29) is 5.91 Å². The molecule has 0 fully saturated rings. The third-order valence-corrected chi connectivity index (χ3v) is 3.61. The second-order valence-electron chi connectivity index (χ2n) is 5.47. The molecule has 1 aromatic heterocycles. The third kappa shape index (κ3) is 4.01. The van der Waals surface area contributed by atoms with E-state index < -0.39 is 0 Å². The van der Waals surface area contributed by atoms with Gasteiger partial charge in [0.05, 0.1) is 17.3 Å². The van der Waals surface area contributed by atoms with Gasteiger partial charge in [0.25, 0.3) is 0 Å². The van der Waals surface area contributed by atoms with Gasteiger partial charge in [0.15, 0.2) is 5.82 Å². The highest BCUT2D eigenvalue weighted by molar-refractivity contribution is 6.01. The molecule has 5 heteroatoms. The number of hydrogen-bond acceptors (Lipinski definition) is 3. The van der Waals surface area contributed by atoms with Gasteiger partial charge >= 0.3 is 0 Å². The van der Waals surface area contributed by atoms with E-state index in [1.54, 1.807) is 29.0 Å². The predicted octanol–water partition coefficient (Wildman–Crippen LogP) is 3.70. The zero-order chi connectivity index (χ0) is 17.6. The Hall–Kier alpha value is -3.65. The Labute approximate surface area is 145 Å². The molecular formula is C20H16N4O. The Morgan fingerprint density at radius 2 is 1.88 bits per heavy atom. The number of hydrogen-bond donors (Lipinski definition) is 1. The van der Waals surface area contributed by atoms with Crippen molar-refractivity contribution in [1.82, 2.24) is 9.78 Å². The van der Waals surface area contributed by atoms with Crippen LogP contribution in [0.15, 0.2) is 66.7 Å². The maximum atomic E-state index is 12.0. The van der Waals surface area contributed by atoms with Crippen molar-refractivity contribution in [2.24, 2.45) is 0 Å². The van der Waals surface area contributed by atoms with E-state index in [1.807, 2.05) is 49.4 Å². The Morgan fingerprint density at radius 3 is 2.56 bits per heavy atom. The van der Waals surface area contributed by atoms with Crippen molar-refractivity contribution in [2.75, 3.05) is 5.32 Å². The molecule has 1 N–H and O–H groups in total. The van der Waals surface area contributed by atoms with E-state index in [9.17, 15) is 4.79 Å². The van der Waals surface area contributed by atoms with Gasteiger partial charge in [-0.15, -0.1) is 5.10 Å². The lowest BCUT2D eigenvalue weighted by atomic mass is 10.2. The minimum Gasteiger partial charge on any atom is -0.306 e. The standard InChI is InChI=1S/C20H16N4O/c1-15-13-19(22-20(25)12-9-16-5-3-2-4-6-16)23-24(15)18-10-7-17(14-21)8-11-18/h2-13H,1H3,(H,22,23,25)/b12-9+. The Kier molecular flexibility index (Phi) is 4.72. The minimum atomic E-state index is -0.242. The van der Waals surface area contributed by atoms with Gasteiger partial charge in [-0.25, -0.2) is 4.68 Å². The number of nitriles is 1. The fourth-order valence-electron chi connectivity index (χ4n) is 2.38. The summed E-state index contributed by atoms with van der Waals surface area (Å²) in [4.78, 5) is 12.0. The molecule has 25 heavy (non-hydrogen) atoms. The predicted molar refractivity (Wildman–Crippen MR) is 97.1 cm³/mol. The molecule has 2 aromatic carbocycles. The van der Waals surface area contributed by atoms with Gasteiger partial charge < -0.3 is 5.32 Å². The van der Waals surface area contributed by atoms with Gasteiger partial charge in [-0.1, -0.05) is 30.3 Å². The second-order valence-corrected chi connectivity index (χ2v) is 5.47. The average Bonchev–Trinajstić information content (AvgIpc) is 3.01. The highest BCUT2D eigenvalue weighted by Crippen LogP contribution is 2.16. The Balaban J connectivity index is 1.72.